The Bertz CT molecular complexity index is 817. The van der Waals surface area contributed by atoms with Crippen molar-refractivity contribution in [1.82, 2.24) is 25.3 Å². The Morgan fingerprint density at radius 2 is 1.93 bits per heavy atom. The average molecular weight is 510 g/mol. The maximum absolute atomic E-state index is 11.9. The smallest absolute Gasteiger partial charge is 0.251 e. The van der Waals surface area contributed by atoms with E-state index >= 15 is 0 Å². The minimum atomic E-state index is -0.0376. The quantitative estimate of drug-likeness (QED) is 0.356. The number of amides is 1. The highest BCUT2D eigenvalue weighted by molar-refractivity contribution is 14.0. The van der Waals surface area contributed by atoms with Gasteiger partial charge in [0.1, 0.15) is 0 Å². The molecule has 0 saturated carbocycles. The molecule has 1 amide bonds. The highest BCUT2D eigenvalue weighted by Gasteiger charge is 2.26. The van der Waals surface area contributed by atoms with E-state index in [9.17, 15) is 4.79 Å². The first-order valence-electron chi connectivity index (χ1n) is 9.99. The van der Waals surface area contributed by atoms with Crippen molar-refractivity contribution in [3.63, 3.8) is 0 Å². The van der Waals surface area contributed by atoms with Crippen LogP contribution in [0.25, 0.3) is 0 Å². The molecule has 2 aromatic rings. The Morgan fingerprint density at radius 1 is 1.21 bits per heavy atom. The Balaban J connectivity index is 0.00000300. The van der Waals surface area contributed by atoms with Gasteiger partial charge in [0.15, 0.2) is 5.96 Å². The number of hydrogen-bond acceptors (Lipinski definition) is 3. The number of hydrogen-bond donors (Lipinski definition) is 2. The van der Waals surface area contributed by atoms with E-state index < -0.39 is 0 Å². The molecule has 0 radical (unpaired) electrons. The molecule has 7 nitrogen and oxygen atoms in total. The summed E-state index contributed by atoms with van der Waals surface area (Å²) in [5.74, 6) is 1.40. The Hall–Kier alpha value is -2.10. The molecule has 1 aromatic heterocycles. The molecule has 158 valence electrons. The zero-order valence-corrected chi connectivity index (χ0v) is 19.7. The lowest BCUT2D eigenvalue weighted by Gasteiger charge is -2.21. The van der Waals surface area contributed by atoms with Crippen molar-refractivity contribution >= 4 is 35.8 Å². The monoisotopic (exact) mass is 510 g/mol. The number of carbonyl (C=O) groups excluding carboxylic acids is 1. The fraction of sp³-hybridized carbons (Fsp3) is 0.476. The minimum Gasteiger partial charge on any atom is -0.357 e. The molecule has 8 heteroatoms. The van der Waals surface area contributed by atoms with Gasteiger partial charge in [0.25, 0.3) is 5.91 Å². The Labute approximate surface area is 190 Å². The van der Waals surface area contributed by atoms with Gasteiger partial charge in [0.2, 0.25) is 0 Å². The molecule has 2 heterocycles. The lowest BCUT2D eigenvalue weighted by atomic mass is 10.0. The van der Waals surface area contributed by atoms with Crippen LogP contribution in [0.1, 0.15) is 47.7 Å². The molecule has 1 aliphatic heterocycles. The molecule has 0 bridgehead atoms. The average Bonchev–Trinajstić information content (AvgIpc) is 3.35. The van der Waals surface area contributed by atoms with Crippen LogP contribution in [0.3, 0.4) is 0 Å². The van der Waals surface area contributed by atoms with E-state index in [2.05, 4.69) is 33.8 Å². The second kappa shape index (κ2) is 11.2. The molecule has 29 heavy (non-hydrogen) atoms. The highest BCUT2D eigenvalue weighted by atomic mass is 127. The van der Waals surface area contributed by atoms with E-state index in [1.54, 1.807) is 0 Å². The maximum Gasteiger partial charge on any atom is 0.251 e. The number of benzene rings is 1. The van der Waals surface area contributed by atoms with Gasteiger partial charge in [0.05, 0.1) is 12.7 Å². The van der Waals surface area contributed by atoms with Gasteiger partial charge in [-0.15, -0.1) is 24.0 Å². The molecule has 1 unspecified atom stereocenters. The topological polar surface area (TPSA) is 74.6 Å². The van der Waals surface area contributed by atoms with E-state index in [4.69, 9.17) is 4.99 Å². The zero-order chi connectivity index (χ0) is 19.9. The summed E-state index contributed by atoms with van der Waals surface area (Å²) in [6.45, 7) is 8.00. The van der Waals surface area contributed by atoms with E-state index in [1.165, 1.54) is 5.56 Å². The first kappa shape index (κ1) is 23.2. The number of aromatic nitrogens is 2. The molecule has 1 fully saturated rings. The van der Waals surface area contributed by atoms with Crippen molar-refractivity contribution < 1.29 is 4.79 Å². The number of aryl methyl sites for hydroxylation is 1. The van der Waals surface area contributed by atoms with Crippen LogP contribution >= 0.6 is 24.0 Å². The molecule has 0 aliphatic carbocycles. The van der Waals surface area contributed by atoms with Gasteiger partial charge in [-0.1, -0.05) is 12.1 Å². The van der Waals surface area contributed by atoms with Crippen LogP contribution in [0.5, 0.6) is 0 Å². The van der Waals surface area contributed by atoms with Crippen LogP contribution in [0, 0.1) is 0 Å². The van der Waals surface area contributed by atoms with Crippen molar-refractivity contribution in [1.29, 1.82) is 0 Å². The van der Waals surface area contributed by atoms with Crippen molar-refractivity contribution in [2.45, 2.75) is 32.7 Å². The number of carbonyl (C=O) groups is 1. The van der Waals surface area contributed by atoms with Gasteiger partial charge < -0.3 is 15.5 Å². The van der Waals surface area contributed by atoms with Crippen molar-refractivity contribution in [2.75, 3.05) is 26.2 Å². The third-order valence-corrected chi connectivity index (χ3v) is 4.98. The molecule has 3 rings (SSSR count). The first-order chi connectivity index (χ1) is 13.6. The van der Waals surface area contributed by atoms with Crippen LogP contribution in [-0.4, -0.2) is 52.7 Å². The summed E-state index contributed by atoms with van der Waals surface area (Å²) in [6.07, 6.45) is 5.18. The summed E-state index contributed by atoms with van der Waals surface area (Å²) < 4.78 is 1.86. The zero-order valence-electron chi connectivity index (χ0n) is 17.4. The molecule has 1 saturated heterocycles. The fourth-order valence-electron chi connectivity index (χ4n) is 3.49. The highest BCUT2D eigenvalue weighted by Crippen LogP contribution is 2.26. The van der Waals surface area contributed by atoms with Crippen LogP contribution in [0.2, 0.25) is 0 Å². The molecule has 0 spiro atoms. The Morgan fingerprint density at radius 3 is 2.55 bits per heavy atom. The summed E-state index contributed by atoms with van der Waals surface area (Å²) in [7, 11) is 1.96. The summed E-state index contributed by atoms with van der Waals surface area (Å²) in [5.41, 5.74) is 3.06. The molecule has 1 atom stereocenters. The van der Waals surface area contributed by atoms with Crippen LogP contribution in [0.4, 0.5) is 0 Å². The van der Waals surface area contributed by atoms with Gasteiger partial charge in [-0.05, 0) is 43.5 Å². The molecule has 2 N–H and O–H groups in total. The number of aliphatic imine (C=N–C) groups is 1. The molecular weight excluding hydrogens is 479 g/mol. The lowest BCUT2D eigenvalue weighted by molar-refractivity contribution is 0.0956. The van der Waals surface area contributed by atoms with Gasteiger partial charge in [-0.25, -0.2) is 4.99 Å². The van der Waals surface area contributed by atoms with Gasteiger partial charge in [-0.2, -0.15) is 5.10 Å². The van der Waals surface area contributed by atoms with Gasteiger partial charge >= 0.3 is 0 Å². The molecule has 1 aliphatic rings. The number of nitrogens with zero attached hydrogens (tertiary/aromatic N) is 4. The van der Waals surface area contributed by atoms with E-state index in [0.717, 1.165) is 37.6 Å². The Kier molecular flexibility index (Phi) is 8.94. The number of guanidine groups is 1. The summed E-state index contributed by atoms with van der Waals surface area (Å²) in [5, 5.41) is 10.5. The summed E-state index contributed by atoms with van der Waals surface area (Å²) in [4.78, 5) is 19.0. The maximum atomic E-state index is 11.9. The lowest BCUT2D eigenvalue weighted by Crippen LogP contribution is -2.40. The van der Waals surface area contributed by atoms with E-state index in [0.29, 0.717) is 24.6 Å². The second-order valence-electron chi connectivity index (χ2n) is 7.11. The van der Waals surface area contributed by atoms with Crippen molar-refractivity contribution in [3.05, 3.63) is 53.3 Å². The van der Waals surface area contributed by atoms with Crippen molar-refractivity contribution in [2.24, 2.45) is 12.0 Å². The third kappa shape index (κ3) is 6.19. The third-order valence-electron chi connectivity index (χ3n) is 4.98. The van der Waals surface area contributed by atoms with E-state index in [1.807, 2.05) is 49.1 Å². The summed E-state index contributed by atoms with van der Waals surface area (Å²) >= 11 is 0. The minimum absolute atomic E-state index is 0. The number of likely N-dealkylation sites (tertiary alicyclic amines) is 1. The predicted molar refractivity (Wildman–Crippen MR) is 127 cm³/mol. The first-order valence-corrected chi connectivity index (χ1v) is 9.99. The number of halogens is 1. The van der Waals surface area contributed by atoms with E-state index in [-0.39, 0.29) is 29.9 Å². The van der Waals surface area contributed by atoms with Crippen LogP contribution in [0.15, 0.2) is 41.7 Å². The van der Waals surface area contributed by atoms with Crippen molar-refractivity contribution in [3.8, 4) is 0 Å². The predicted octanol–water partition coefficient (Wildman–Crippen LogP) is 2.74. The fourth-order valence-corrected chi connectivity index (χ4v) is 3.49. The normalized spacial score (nSPS) is 16.4. The van der Waals surface area contributed by atoms with Crippen LogP contribution in [-0.2, 0) is 13.6 Å². The summed E-state index contributed by atoms with van der Waals surface area (Å²) in [6, 6.07) is 7.66. The largest absolute Gasteiger partial charge is 0.357 e. The van der Waals surface area contributed by atoms with Crippen LogP contribution < -0.4 is 10.6 Å². The standard InChI is InChI=1S/C21H30N6O.HI/c1-4-22-20(28)17-8-6-16(7-9-17)12-24-21(23-5-2)27-11-10-18(15-27)19-13-25-26(3)14-19;/h6-9,13-14,18H,4-5,10-12,15H2,1-3H3,(H,22,28)(H,23,24);1H. The van der Waals surface area contributed by atoms with Gasteiger partial charge in [-0.3, -0.25) is 9.48 Å². The number of rotatable bonds is 6. The molecular formula is C21H31IN6O. The van der Waals surface area contributed by atoms with Gasteiger partial charge in [0, 0.05) is 50.9 Å². The number of nitrogens with one attached hydrogen (secondary N) is 2. The SMILES string of the molecule is CCNC(=O)c1ccc(CN=C(NCC)N2CCC(c3cnn(C)c3)C2)cc1.I. The molecule has 1 aromatic carbocycles. The second-order valence-corrected chi connectivity index (χ2v) is 7.11.